The summed E-state index contributed by atoms with van der Waals surface area (Å²) in [5.74, 6) is -0.981. The number of benzene rings is 3. The summed E-state index contributed by atoms with van der Waals surface area (Å²) in [7, 11) is -3.66. The van der Waals surface area contributed by atoms with Crippen molar-refractivity contribution in [3.05, 3.63) is 94.8 Å². The van der Waals surface area contributed by atoms with Crippen LogP contribution in [0.1, 0.15) is 18.1 Å². The molecule has 1 aliphatic heterocycles. The van der Waals surface area contributed by atoms with Gasteiger partial charge in [0, 0.05) is 31.2 Å². The van der Waals surface area contributed by atoms with Crippen molar-refractivity contribution in [3.8, 4) is 5.75 Å². The second-order valence-corrected chi connectivity index (χ2v) is 11.8. The fraction of sp³-hybridized carbons (Fsp3) is 0.310. The van der Waals surface area contributed by atoms with Crippen LogP contribution in [-0.4, -0.2) is 68.4 Å². The maximum Gasteiger partial charge on any atom is 0.261 e. The summed E-state index contributed by atoms with van der Waals surface area (Å²) in [6.07, 6.45) is 0. The van der Waals surface area contributed by atoms with Crippen LogP contribution in [0.15, 0.2) is 77.7 Å². The van der Waals surface area contributed by atoms with E-state index < -0.39 is 34.4 Å². The zero-order valence-corrected chi connectivity index (χ0v) is 24.0. The summed E-state index contributed by atoms with van der Waals surface area (Å²) in [5.41, 5.74) is 1.48. The van der Waals surface area contributed by atoms with E-state index in [2.05, 4.69) is 5.32 Å². The van der Waals surface area contributed by atoms with E-state index in [0.29, 0.717) is 29.5 Å². The lowest BCUT2D eigenvalue weighted by Gasteiger charge is -2.29. The van der Waals surface area contributed by atoms with Gasteiger partial charge in [-0.05, 0) is 66.6 Å². The van der Waals surface area contributed by atoms with E-state index in [9.17, 15) is 22.4 Å². The summed E-state index contributed by atoms with van der Waals surface area (Å²) in [6.45, 7) is 2.75. The van der Waals surface area contributed by atoms with Gasteiger partial charge in [-0.1, -0.05) is 35.9 Å². The molecule has 0 saturated carbocycles. The van der Waals surface area contributed by atoms with Crippen molar-refractivity contribution in [1.29, 1.82) is 0 Å². The maximum absolute atomic E-state index is 13.5. The van der Waals surface area contributed by atoms with Gasteiger partial charge in [-0.2, -0.15) is 4.31 Å². The van der Waals surface area contributed by atoms with E-state index in [1.165, 1.54) is 45.6 Å². The lowest BCUT2D eigenvalue weighted by atomic mass is 10.1. The van der Waals surface area contributed by atoms with Crippen molar-refractivity contribution in [2.24, 2.45) is 0 Å². The molecule has 1 N–H and O–H groups in total. The van der Waals surface area contributed by atoms with Gasteiger partial charge in [-0.3, -0.25) is 9.59 Å². The van der Waals surface area contributed by atoms with Gasteiger partial charge < -0.3 is 19.7 Å². The highest BCUT2D eigenvalue weighted by Gasteiger charge is 2.28. The largest absolute Gasteiger partial charge is 0.484 e. The quantitative estimate of drug-likeness (QED) is 0.359. The predicted octanol–water partition coefficient (Wildman–Crippen LogP) is 3.61. The van der Waals surface area contributed by atoms with Crippen LogP contribution in [0.25, 0.3) is 0 Å². The number of hydrogen-bond donors (Lipinski definition) is 1. The topological polar surface area (TPSA) is 105 Å². The molecule has 0 aliphatic carbocycles. The van der Waals surface area contributed by atoms with Crippen LogP contribution in [0, 0.1) is 5.82 Å². The molecule has 0 unspecified atom stereocenters. The van der Waals surface area contributed by atoms with Gasteiger partial charge in [0.2, 0.25) is 15.9 Å². The number of morpholine rings is 1. The monoisotopic (exact) mass is 603 g/mol. The van der Waals surface area contributed by atoms with Gasteiger partial charge in [0.15, 0.2) is 6.61 Å². The Kier molecular flexibility index (Phi) is 10.3. The maximum atomic E-state index is 13.5. The van der Waals surface area contributed by atoms with Crippen molar-refractivity contribution in [3.63, 3.8) is 0 Å². The molecule has 3 aromatic carbocycles. The van der Waals surface area contributed by atoms with Gasteiger partial charge in [-0.25, -0.2) is 12.8 Å². The Labute approximate surface area is 243 Å². The molecule has 1 fully saturated rings. The van der Waals surface area contributed by atoms with Crippen molar-refractivity contribution < 1.29 is 31.9 Å². The predicted molar refractivity (Wildman–Crippen MR) is 151 cm³/mol. The molecule has 12 heteroatoms. The van der Waals surface area contributed by atoms with Gasteiger partial charge in [0.05, 0.1) is 18.1 Å². The summed E-state index contributed by atoms with van der Waals surface area (Å²) < 4.78 is 51.4. The first-order chi connectivity index (χ1) is 19.6. The first-order valence-electron chi connectivity index (χ1n) is 13.0. The molecule has 41 heavy (non-hydrogen) atoms. The molecule has 0 aromatic heterocycles. The molecule has 9 nitrogen and oxygen atoms in total. The first kappa shape index (κ1) is 30.4. The Balaban J connectivity index is 1.41. The van der Waals surface area contributed by atoms with E-state index in [1.807, 2.05) is 0 Å². The van der Waals surface area contributed by atoms with Crippen LogP contribution in [0.2, 0.25) is 5.02 Å². The van der Waals surface area contributed by atoms with E-state index >= 15 is 0 Å². The number of nitrogens with zero attached hydrogens (tertiary/aromatic N) is 2. The molecule has 0 bridgehead atoms. The van der Waals surface area contributed by atoms with E-state index in [-0.39, 0.29) is 37.0 Å². The number of ether oxygens (including phenoxy) is 2. The highest BCUT2D eigenvalue weighted by Crippen LogP contribution is 2.21. The van der Waals surface area contributed by atoms with Crippen LogP contribution >= 0.6 is 11.6 Å². The molecule has 1 aliphatic rings. The summed E-state index contributed by atoms with van der Waals surface area (Å²) in [6, 6.07) is 17.6. The Morgan fingerprint density at radius 2 is 1.61 bits per heavy atom. The molecular formula is C29H31ClFN3O6S. The number of amides is 2. The van der Waals surface area contributed by atoms with E-state index in [1.54, 1.807) is 43.3 Å². The van der Waals surface area contributed by atoms with E-state index in [0.717, 1.165) is 5.56 Å². The minimum Gasteiger partial charge on any atom is -0.484 e. The molecule has 1 saturated heterocycles. The molecule has 4 rings (SSSR count). The van der Waals surface area contributed by atoms with Crippen LogP contribution in [0.3, 0.4) is 0 Å². The number of hydrogen-bond acceptors (Lipinski definition) is 6. The lowest BCUT2D eigenvalue weighted by molar-refractivity contribution is -0.142. The van der Waals surface area contributed by atoms with Crippen LogP contribution in [0.4, 0.5) is 4.39 Å². The zero-order valence-electron chi connectivity index (χ0n) is 22.5. The molecule has 1 atom stereocenters. The van der Waals surface area contributed by atoms with Crippen molar-refractivity contribution in [2.45, 2.75) is 31.0 Å². The van der Waals surface area contributed by atoms with E-state index in [4.69, 9.17) is 21.1 Å². The smallest absolute Gasteiger partial charge is 0.261 e. The molecule has 0 radical (unpaired) electrons. The average Bonchev–Trinajstić information content (AvgIpc) is 2.99. The van der Waals surface area contributed by atoms with Gasteiger partial charge >= 0.3 is 0 Å². The lowest BCUT2D eigenvalue weighted by Crippen LogP contribution is -2.48. The fourth-order valence-electron chi connectivity index (χ4n) is 4.18. The second kappa shape index (κ2) is 13.9. The van der Waals surface area contributed by atoms with Gasteiger partial charge in [-0.15, -0.1) is 0 Å². The van der Waals surface area contributed by atoms with Crippen LogP contribution in [-0.2, 0) is 37.4 Å². The third kappa shape index (κ3) is 8.26. The molecular weight excluding hydrogens is 573 g/mol. The summed E-state index contributed by atoms with van der Waals surface area (Å²) in [4.78, 5) is 27.8. The zero-order chi connectivity index (χ0) is 29.4. The average molecular weight is 604 g/mol. The summed E-state index contributed by atoms with van der Waals surface area (Å²) in [5, 5.41) is 3.41. The highest BCUT2D eigenvalue weighted by molar-refractivity contribution is 7.89. The van der Waals surface area contributed by atoms with Crippen molar-refractivity contribution >= 4 is 33.4 Å². The number of carbonyl (C=O) groups is 2. The Morgan fingerprint density at radius 3 is 2.24 bits per heavy atom. The van der Waals surface area contributed by atoms with Crippen LogP contribution < -0.4 is 10.1 Å². The minimum atomic E-state index is -3.66. The molecule has 1 heterocycles. The Morgan fingerprint density at radius 1 is 1.00 bits per heavy atom. The van der Waals surface area contributed by atoms with Crippen LogP contribution in [0.5, 0.6) is 5.75 Å². The molecule has 0 spiro atoms. The van der Waals surface area contributed by atoms with Gasteiger partial charge in [0.25, 0.3) is 5.91 Å². The number of halogens is 2. The number of nitrogens with one attached hydrogen (secondary N) is 1. The standard InChI is InChI=1S/C29H31ClFN3O6S/c1-21(29(36)32-18-22-2-6-24(30)7-3-22)34(19-23-4-8-25(31)9-5-23)28(35)20-40-26-10-12-27(13-11-26)41(37,38)33-14-16-39-17-15-33/h2-13,21H,14-20H2,1H3,(H,32,36)/t21-/m1/s1. The second-order valence-electron chi connectivity index (χ2n) is 9.44. The SMILES string of the molecule is C[C@H](C(=O)NCc1ccc(Cl)cc1)N(Cc1ccc(F)cc1)C(=O)COc1ccc(S(=O)(=O)N2CCOCC2)cc1. The fourth-order valence-corrected chi connectivity index (χ4v) is 5.71. The Bertz CT molecular complexity index is 1430. The number of sulfonamides is 1. The summed E-state index contributed by atoms with van der Waals surface area (Å²) >= 11 is 5.92. The highest BCUT2D eigenvalue weighted by atomic mass is 35.5. The minimum absolute atomic E-state index is 0.0503. The van der Waals surface area contributed by atoms with Gasteiger partial charge in [0.1, 0.15) is 17.6 Å². The molecule has 218 valence electrons. The number of carbonyl (C=O) groups excluding carboxylic acids is 2. The molecule has 3 aromatic rings. The third-order valence-corrected chi connectivity index (χ3v) is 8.77. The number of rotatable bonds is 11. The normalized spacial score (nSPS) is 14.7. The Hall–Kier alpha value is -3.51. The first-order valence-corrected chi connectivity index (χ1v) is 14.8. The molecule has 2 amide bonds. The van der Waals surface area contributed by atoms with Crippen molar-refractivity contribution in [2.75, 3.05) is 32.9 Å². The van der Waals surface area contributed by atoms with Crippen molar-refractivity contribution in [1.82, 2.24) is 14.5 Å². The third-order valence-electron chi connectivity index (χ3n) is 6.61.